The molecule has 0 atom stereocenters. The maximum atomic E-state index is 11.1. The van der Waals surface area contributed by atoms with Crippen molar-refractivity contribution < 1.29 is 4.79 Å². The number of hydrogen-bond acceptors (Lipinski definition) is 2. The minimum Gasteiger partial charge on any atom is -0.287 e. The van der Waals surface area contributed by atoms with Crippen molar-refractivity contribution in [3.05, 3.63) is 50.7 Å². The van der Waals surface area contributed by atoms with Gasteiger partial charge in [-0.3, -0.25) is 4.79 Å². The van der Waals surface area contributed by atoms with Crippen molar-refractivity contribution in [1.82, 2.24) is 0 Å². The highest BCUT2D eigenvalue weighted by atomic mass is 16.1. The van der Waals surface area contributed by atoms with Gasteiger partial charge in [-0.05, 0) is 16.2 Å². The van der Waals surface area contributed by atoms with Crippen LogP contribution >= 0.6 is 0 Å². The summed E-state index contributed by atoms with van der Waals surface area (Å²) in [6.07, 6.45) is 0. The molecule has 14 heavy (non-hydrogen) atoms. The van der Waals surface area contributed by atoms with E-state index in [4.69, 9.17) is 11.1 Å². The summed E-state index contributed by atoms with van der Waals surface area (Å²) >= 11 is 0. The number of hydrogen-bond donors (Lipinski definition) is 0. The van der Waals surface area contributed by atoms with Gasteiger partial charge in [-0.15, -0.1) is 0 Å². The Labute approximate surface area is 78.2 Å². The first-order valence-electron chi connectivity index (χ1n) is 3.53. The number of carbonyl (C=O) groups excluding carboxylic acids is 1. The lowest BCUT2D eigenvalue weighted by molar-refractivity contribution is 0.100. The number of nitrogens with zero attached hydrogens (tertiary/aromatic N) is 6. The normalized spacial score (nSPS) is 8.29. The minimum atomic E-state index is -0.768. The predicted molar refractivity (Wildman–Crippen MR) is 48.7 cm³/mol. The summed E-state index contributed by atoms with van der Waals surface area (Å²) in [4.78, 5) is 16.0. The molecule has 1 rings (SSSR count). The van der Waals surface area contributed by atoms with Crippen LogP contribution in [0.4, 0.5) is 5.69 Å². The lowest BCUT2D eigenvalue weighted by atomic mass is 10.2. The van der Waals surface area contributed by atoms with E-state index in [1.54, 1.807) is 12.1 Å². The smallest absolute Gasteiger partial charge is 0.249 e. The maximum absolute atomic E-state index is 11.1. The zero-order valence-corrected chi connectivity index (χ0v) is 6.90. The van der Waals surface area contributed by atoms with Gasteiger partial charge < -0.3 is 0 Å². The molecule has 7 nitrogen and oxygen atoms in total. The molecule has 0 aliphatic carbocycles. The molecule has 0 bridgehead atoms. The molecule has 0 saturated carbocycles. The number of amides is 1. The van der Waals surface area contributed by atoms with Crippen molar-refractivity contribution in [2.24, 2.45) is 10.2 Å². The van der Waals surface area contributed by atoms with E-state index in [1.807, 2.05) is 0 Å². The highest BCUT2D eigenvalue weighted by Crippen LogP contribution is 2.19. The third-order valence-corrected chi connectivity index (χ3v) is 1.42. The fourth-order valence-corrected chi connectivity index (χ4v) is 0.884. The molecule has 1 amide bonds. The van der Waals surface area contributed by atoms with Crippen LogP contribution in [0.5, 0.6) is 0 Å². The molecule has 0 unspecified atom stereocenters. The average molecular weight is 188 g/mol. The topological polar surface area (TPSA) is 115 Å². The minimum absolute atomic E-state index is 0.0862. The summed E-state index contributed by atoms with van der Waals surface area (Å²) in [6.45, 7) is 0. The van der Waals surface area contributed by atoms with Gasteiger partial charge in [-0.25, -0.2) is 0 Å². The van der Waals surface area contributed by atoms with Gasteiger partial charge in [0, 0.05) is 21.1 Å². The van der Waals surface area contributed by atoms with E-state index in [2.05, 4.69) is 20.1 Å². The zero-order chi connectivity index (χ0) is 10.4. The first-order chi connectivity index (χ1) is 6.79. The molecule has 0 spiro atoms. The Bertz CT molecular complexity index is 455. The van der Waals surface area contributed by atoms with Gasteiger partial charge in [-0.2, -0.15) is 0 Å². The Balaban J connectivity index is 3.25. The maximum Gasteiger partial charge on any atom is 0.249 e. The van der Waals surface area contributed by atoms with E-state index in [0.29, 0.717) is 0 Å². The lowest BCUT2D eigenvalue weighted by Gasteiger charge is -1.97. The number of benzene rings is 1. The molecular formula is C7H4N6O. The van der Waals surface area contributed by atoms with E-state index in [0.717, 1.165) is 0 Å². The van der Waals surface area contributed by atoms with Crippen LogP contribution in [-0.2, 0) is 0 Å². The standard InChI is InChI=1S/C7H4N6O/c8-12-10-6-4-2-1-3-5(6)7(14)11-13-9/h1-4H. The monoisotopic (exact) mass is 188 g/mol. The van der Waals surface area contributed by atoms with E-state index in [1.165, 1.54) is 12.1 Å². The van der Waals surface area contributed by atoms with Gasteiger partial charge in [-0.1, -0.05) is 29.4 Å². The van der Waals surface area contributed by atoms with Crippen LogP contribution in [0.2, 0.25) is 0 Å². The van der Waals surface area contributed by atoms with Gasteiger partial charge in [0.15, 0.2) is 0 Å². The molecule has 0 radical (unpaired) electrons. The van der Waals surface area contributed by atoms with Crippen molar-refractivity contribution >= 4 is 11.6 Å². The Kier molecular flexibility index (Phi) is 3.09. The fraction of sp³-hybridized carbons (Fsp3) is 0. The van der Waals surface area contributed by atoms with Crippen LogP contribution in [0, 0.1) is 0 Å². The lowest BCUT2D eigenvalue weighted by Crippen LogP contribution is -1.92. The highest BCUT2D eigenvalue weighted by Gasteiger charge is 2.06. The summed E-state index contributed by atoms with van der Waals surface area (Å²) in [7, 11) is 0. The molecule has 0 N–H and O–H groups in total. The first kappa shape index (κ1) is 9.60. The molecule has 0 aromatic heterocycles. The molecule has 1 aromatic rings. The summed E-state index contributed by atoms with van der Waals surface area (Å²) in [5.41, 5.74) is 16.5. The Morgan fingerprint density at radius 1 is 1.21 bits per heavy atom. The van der Waals surface area contributed by atoms with Crippen LogP contribution in [0.25, 0.3) is 20.9 Å². The zero-order valence-electron chi connectivity index (χ0n) is 6.90. The second-order valence-corrected chi connectivity index (χ2v) is 2.20. The van der Waals surface area contributed by atoms with E-state index in [-0.39, 0.29) is 11.3 Å². The Morgan fingerprint density at radius 2 is 1.93 bits per heavy atom. The van der Waals surface area contributed by atoms with Crippen molar-refractivity contribution in [2.75, 3.05) is 0 Å². The Hall–Kier alpha value is -2.49. The van der Waals surface area contributed by atoms with Crippen molar-refractivity contribution in [2.45, 2.75) is 0 Å². The number of carbonyl (C=O) groups is 1. The van der Waals surface area contributed by atoms with Crippen molar-refractivity contribution in [1.29, 1.82) is 0 Å². The average Bonchev–Trinajstić information content (AvgIpc) is 2.19. The van der Waals surface area contributed by atoms with Crippen molar-refractivity contribution in [3.63, 3.8) is 0 Å². The van der Waals surface area contributed by atoms with E-state index >= 15 is 0 Å². The van der Waals surface area contributed by atoms with E-state index in [9.17, 15) is 4.79 Å². The predicted octanol–water partition coefficient (Wildman–Crippen LogP) is 3.08. The van der Waals surface area contributed by atoms with Crippen LogP contribution in [0.1, 0.15) is 10.4 Å². The second kappa shape index (κ2) is 4.51. The third kappa shape index (κ3) is 2.01. The molecule has 0 saturated heterocycles. The highest BCUT2D eigenvalue weighted by molar-refractivity contribution is 5.99. The van der Waals surface area contributed by atoms with Gasteiger partial charge in [0.1, 0.15) is 0 Å². The fourth-order valence-electron chi connectivity index (χ4n) is 0.884. The van der Waals surface area contributed by atoms with Crippen LogP contribution in [0.15, 0.2) is 34.5 Å². The second-order valence-electron chi connectivity index (χ2n) is 2.20. The molecule has 0 fully saturated rings. The van der Waals surface area contributed by atoms with Gasteiger partial charge in [0.2, 0.25) is 5.91 Å². The summed E-state index contributed by atoms with van der Waals surface area (Å²) in [6, 6.07) is 6.06. The molecular weight excluding hydrogens is 184 g/mol. The molecule has 0 aliphatic rings. The Morgan fingerprint density at radius 3 is 2.57 bits per heavy atom. The van der Waals surface area contributed by atoms with Gasteiger partial charge in [0.25, 0.3) is 0 Å². The molecule has 0 heterocycles. The van der Waals surface area contributed by atoms with Crippen LogP contribution in [-0.4, -0.2) is 5.91 Å². The molecule has 0 aliphatic heterocycles. The van der Waals surface area contributed by atoms with Gasteiger partial charge >= 0.3 is 0 Å². The van der Waals surface area contributed by atoms with Crippen LogP contribution < -0.4 is 0 Å². The number of rotatable bonds is 2. The molecule has 1 aromatic carbocycles. The summed E-state index contributed by atoms with van der Waals surface area (Å²) < 4.78 is 0. The first-order valence-corrected chi connectivity index (χ1v) is 3.53. The SMILES string of the molecule is [N-]=[N+]=NC(=O)c1ccccc1N=[N+]=[N-]. The third-order valence-electron chi connectivity index (χ3n) is 1.42. The molecule has 7 heteroatoms. The molecule has 68 valence electrons. The summed E-state index contributed by atoms with van der Waals surface area (Å²) in [5, 5.41) is 6.18. The van der Waals surface area contributed by atoms with Crippen LogP contribution in [0.3, 0.4) is 0 Å². The number of azide groups is 2. The quantitative estimate of drug-likeness (QED) is 0.396. The van der Waals surface area contributed by atoms with Crippen molar-refractivity contribution in [3.8, 4) is 0 Å². The summed E-state index contributed by atoms with van der Waals surface area (Å²) in [5.74, 6) is -0.768. The largest absolute Gasteiger partial charge is 0.287 e. The van der Waals surface area contributed by atoms with E-state index < -0.39 is 5.91 Å². The van der Waals surface area contributed by atoms with Gasteiger partial charge in [0.05, 0.1) is 0 Å².